The third-order valence-electron chi connectivity index (χ3n) is 5.43. The van der Waals surface area contributed by atoms with Crippen LogP contribution in [0.2, 0.25) is 0 Å². The number of hydrogen-bond acceptors (Lipinski definition) is 3. The zero-order valence-corrected chi connectivity index (χ0v) is 18.0. The maximum atomic E-state index is 13.2. The molecule has 2 aromatic rings. The van der Waals surface area contributed by atoms with E-state index in [1.165, 1.54) is 4.31 Å². The van der Waals surface area contributed by atoms with Crippen molar-refractivity contribution in [1.29, 1.82) is 0 Å². The number of allylic oxidation sites excluding steroid dienone is 1. The number of rotatable bonds is 6. The highest BCUT2D eigenvalue weighted by atomic mass is 32.2. The monoisotopic (exact) mass is 418 g/mol. The number of fused-ring (bicyclic) bond motifs is 1. The average Bonchev–Trinajstić information content (AvgIpc) is 2.93. The molecule has 1 aliphatic heterocycles. The van der Waals surface area contributed by atoms with Gasteiger partial charge >= 0.3 is 6.03 Å². The van der Waals surface area contributed by atoms with Crippen molar-refractivity contribution >= 4 is 27.0 Å². The van der Waals surface area contributed by atoms with Gasteiger partial charge in [0.05, 0.1) is 4.90 Å². The topological polar surface area (TPSA) is 74.7 Å². The lowest BCUT2D eigenvalue weighted by molar-refractivity contribution is 0.196. The highest BCUT2D eigenvalue weighted by Gasteiger charge is 2.28. The molecule has 0 radical (unpaired) electrons. The summed E-state index contributed by atoms with van der Waals surface area (Å²) in [6, 6.07) is 7.13. The Morgan fingerprint density at radius 2 is 2.03 bits per heavy atom. The Balaban J connectivity index is 1.75. The molecule has 1 N–H and O–H groups in total. The number of nitrogens with one attached hydrogen (secondary N) is 1. The summed E-state index contributed by atoms with van der Waals surface area (Å²) in [7, 11) is -3.61. The second-order valence-electron chi connectivity index (χ2n) is 7.48. The lowest BCUT2D eigenvalue weighted by Gasteiger charge is -2.24. The molecule has 1 saturated heterocycles. The molecular weight excluding hydrogens is 388 g/mol. The Bertz CT molecular complexity index is 983. The van der Waals surface area contributed by atoms with E-state index >= 15 is 0 Å². The molecule has 1 fully saturated rings. The molecule has 0 aliphatic carbocycles. The predicted molar refractivity (Wildman–Crippen MR) is 115 cm³/mol. The third-order valence-corrected chi connectivity index (χ3v) is 7.32. The van der Waals surface area contributed by atoms with Gasteiger partial charge in [0.25, 0.3) is 0 Å². The minimum atomic E-state index is -3.61. The van der Waals surface area contributed by atoms with Gasteiger partial charge in [0.15, 0.2) is 0 Å². The number of benzene rings is 1. The van der Waals surface area contributed by atoms with Crippen LogP contribution in [0.3, 0.4) is 0 Å². The summed E-state index contributed by atoms with van der Waals surface area (Å²) in [4.78, 5) is 14.4. The van der Waals surface area contributed by atoms with Gasteiger partial charge in [-0.25, -0.2) is 13.2 Å². The first-order chi connectivity index (χ1) is 13.9. The fourth-order valence-electron chi connectivity index (χ4n) is 3.53. The molecule has 8 heteroatoms. The lowest BCUT2D eigenvalue weighted by Crippen LogP contribution is -2.45. The van der Waals surface area contributed by atoms with Crippen LogP contribution in [-0.4, -0.2) is 60.4 Å². The van der Waals surface area contributed by atoms with Crippen LogP contribution in [0.5, 0.6) is 0 Å². The Morgan fingerprint density at radius 3 is 2.76 bits per heavy atom. The fourth-order valence-corrected chi connectivity index (χ4v) is 5.03. The SMILES string of the molecule is C=CCn1ccc2cc(S(=O)(=O)N3CCCN(C(=O)NC(C)CC)CC3)ccc21. The lowest BCUT2D eigenvalue weighted by atomic mass is 10.2. The van der Waals surface area contributed by atoms with E-state index in [9.17, 15) is 13.2 Å². The molecule has 2 heterocycles. The minimum Gasteiger partial charge on any atom is -0.344 e. The standard InChI is InChI=1S/C21H30N4O3S/c1-4-10-23-13-9-18-16-19(7-8-20(18)23)29(27,28)25-12-6-11-24(14-15-25)21(26)22-17(3)5-2/h4,7-9,13,16-17H,1,5-6,10-12,14-15H2,2-3H3,(H,22,26). The number of nitrogens with zero attached hydrogens (tertiary/aromatic N) is 3. The van der Waals surface area contributed by atoms with Gasteiger partial charge in [-0.15, -0.1) is 6.58 Å². The zero-order valence-electron chi connectivity index (χ0n) is 17.2. The van der Waals surface area contributed by atoms with Crippen LogP contribution >= 0.6 is 0 Å². The number of aromatic nitrogens is 1. The van der Waals surface area contributed by atoms with E-state index in [4.69, 9.17) is 0 Å². The molecule has 0 saturated carbocycles. The van der Waals surface area contributed by atoms with Crippen molar-refractivity contribution in [2.24, 2.45) is 0 Å². The zero-order chi connectivity index (χ0) is 21.0. The van der Waals surface area contributed by atoms with E-state index in [1.807, 2.05) is 42.8 Å². The summed E-state index contributed by atoms with van der Waals surface area (Å²) in [5.41, 5.74) is 0.979. The summed E-state index contributed by atoms with van der Waals surface area (Å²) in [6.45, 7) is 10.1. The molecule has 2 amide bonds. The quantitative estimate of drug-likeness (QED) is 0.733. The van der Waals surface area contributed by atoms with Gasteiger partial charge in [0.2, 0.25) is 10.0 Å². The predicted octanol–water partition coefficient (Wildman–Crippen LogP) is 3.03. The summed E-state index contributed by atoms with van der Waals surface area (Å²) in [5.74, 6) is 0. The number of sulfonamides is 1. The first kappa shape index (κ1) is 21.4. The van der Waals surface area contributed by atoms with Crippen molar-refractivity contribution in [3.05, 3.63) is 43.1 Å². The summed E-state index contributed by atoms with van der Waals surface area (Å²) in [5, 5.41) is 3.84. The summed E-state index contributed by atoms with van der Waals surface area (Å²) >= 11 is 0. The number of amides is 2. The van der Waals surface area contributed by atoms with Gasteiger partial charge in [0, 0.05) is 55.9 Å². The molecule has 1 aromatic heterocycles. The number of urea groups is 1. The van der Waals surface area contributed by atoms with Gasteiger partial charge in [0.1, 0.15) is 0 Å². The van der Waals surface area contributed by atoms with Gasteiger partial charge in [-0.3, -0.25) is 0 Å². The van der Waals surface area contributed by atoms with E-state index in [0.717, 1.165) is 17.3 Å². The normalized spacial score (nSPS) is 17.1. The molecule has 0 bridgehead atoms. The van der Waals surface area contributed by atoms with Crippen molar-refractivity contribution < 1.29 is 13.2 Å². The maximum Gasteiger partial charge on any atom is 0.317 e. The second kappa shape index (κ2) is 9.00. The molecule has 29 heavy (non-hydrogen) atoms. The Hall–Kier alpha value is -2.32. The molecule has 1 aliphatic rings. The first-order valence-electron chi connectivity index (χ1n) is 10.1. The molecule has 1 unspecified atom stereocenters. The highest BCUT2D eigenvalue weighted by Crippen LogP contribution is 2.24. The molecule has 1 atom stereocenters. The van der Waals surface area contributed by atoms with Gasteiger partial charge in [-0.2, -0.15) is 4.31 Å². The highest BCUT2D eigenvalue weighted by molar-refractivity contribution is 7.89. The molecular formula is C21H30N4O3S. The van der Waals surface area contributed by atoms with Crippen molar-refractivity contribution in [2.45, 2.75) is 44.2 Å². The molecule has 7 nitrogen and oxygen atoms in total. The van der Waals surface area contributed by atoms with Crippen molar-refractivity contribution in [3.8, 4) is 0 Å². The number of hydrogen-bond donors (Lipinski definition) is 1. The van der Waals surface area contributed by atoms with Crippen LogP contribution in [0.1, 0.15) is 26.7 Å². The van der Waals surface area contributed by atoms with Crippen molar-refractivity contribution in [1.82, 2.24) is 19.1 Å². The number of carbonyl (C=O) groups is 1. The Labute approximate surface area is 173 Å². The van der Waals surface area contributed by atoms with Crippen LogP contribution in [0.15, 0.2) is 48.0 Å². The molecule has 1 aromatic carbocycles. The Kier molecular flexibility index (Phi) is 6.64. The largest absolute Gasteiger partial charge is 0.344 e. The molecule has 158 valence electrons. The van der Waals surface area contributed by atoms with E-state index < -0.39 is 10.0 Å². The van der Waals surface area contributed by atoms with Crippen molar-refractivity contribution in [3.63, 3.8) is 0 Å². The maximum absolute atomic E-state index is 13.2. The van der Waals surface area contributed by atoms with Gasteiger partial charge in [-0.05, 0) is 44.0 Å². The van der Waals surface area contributed by atoms with Crippen LogP contribution < -0.4 is 5.32 Å². The van der Waals surface area contributed by atoms with Crippen LogP contribution in [0.4, 0.5) is 4.79 Å². The average molecular weight is 419 g/mol. The van der Waals surface area contributed by atoms with E-state index in [0.29, 0.717) is 44.0 Å². The van der Waals surface area contributed by atoms with Crippen LogP contribution in [0.25, 0.3) is 10.9 Å². The number of carbonyl (C=O) groups excluding carboxylic acids is 1. The minimum absolute atomic E-state index is 0.103. The van der Waals surface area contributed by atoms with Gasteiger partial charge < -0.3 is 14.8 Å². The van der Waals surface area contributed by atoms with Crippen LogP contribution in [-0.2, 0) is 16.6 Å². The van der Waals surface area contributed by atoms with E-state index in [1.54, 1.807) is 17.0 Å². The van der Waals surface area contributed by atoms with Crippen molar-refractivity contribution in [2.75, 3.05) is 26.2 Å². The smallest absolute Gasteiger partial charge is 0.317 e. The van der Waals surface area contributed by atoms with Gasteiger partial charge in [-0.1, -0.05) is 13.0 Å². The Morgan fingerprint density at radius 1 is 1.24 bits per heavy atom. The van der Waals surface area contributed by atoms with E-state index in [-0.39, 0.29) is 12.1 Å². The second-order valence-corrected chi connectivity index (χ2v) is 9.42. The van der Waals surface area contributed by atoms with Crippen LogP contribution in [0, 0.1) is 0 Å². The fraction of sp³-hybridized carbons (Fsp3) is 0.476. The summed E-state index contributed by atoms with van der Waals surface area (Å²) in [6.07, 6.45) is 5.22. The molecule has 0 spiro atoms. The molecule has 3 rings (SSSR count). The summed E-state index contributed by atoms with van der Waals surface area (Å²) < 4.78 is 29.9. The first-order valence-corrected chi connectivity index (χ1v) is 11.6. The van der Waals surface area contributed by atoms with E-state index in [2.05, 4.69) is 11.9 Å². The third kappa shape index (κ3) is 4.64.